The lowest BCUT2D eigenvalue weighted by molar-refractivity contribution is -0.384. The number of nitrogens with zero attached hydrogens (tertiary/aromatic N) is 1. The van der Waals surface area contributed by atoms with Crippen LogP contribution in [0.1, 0.15) is 48.7 Å². The number of thioether (sulfide) groups is 1. The Morgan fingerprint density at radius 2 is 2.00 bits per heavy atom. The molecule has 7 nitrogen and oxygen atoms in total. The van der Waals surface area contributed by atoms with Gasteiger partial charge in [0.25, 0.3) is 5.69 Å². The molecule has 27 heavy (non-hydrogen) atoms. The number of anilines is 1. The smallest absolute Gasteiger partial charge is 0.350 e. The van der Waals surface area contributed by atoms with Crippen LogP contribution in [0.5, 0.6) is 0 Å². The highest BCUT2D eigenvalue weighted by atomic mass is 32.2. The summed E-state index contributed by atoms with van der Waals surface area (Å²) >= 11 is 2.70. The number of ether oxygens (including phenoxy) is 1. The highest BCUT2D eigenvalue weighted by molar-refractivity contribution is 8.00. The summed E-state index contributed by atoms with van der Waals surface area (Å²) in [7, 11) is 1.27. The van der Waals surface area contributed by atoms with Crippen molar-refractivity contribution in [2.24, 2.45) is 0 Å². The molecule has 0 saturated heterocycles. The Morgan fingerprint density at radius 1 is 1.30 bits per heavy atom. The predicted octanol–water partition coefficient (Wildman–Crippen LogP) is 4.98. The zero-order valence-electron chi connectivity index (χ0n) is 15.1. The van der Waals surface area contributed by atoms with E-state index in [9.17, 15) is 19.7 Å². The van der Waals surface area contributed by atoms with E-state index >= 15 is 0 Å². The van der Waals surface area contributed by atoms with Crippen molar-refractivity contribution in [1.82, 2.24) is 0 Å². The number of hydrogen-bond donors (Lipinski definition) is 1. The molecule has 1 aliphatic rings. The minimum atomic E-state index is -0.573. The van der Waals surface area contributed by atoms with Crippen LogP contribution in [0.25, 0.3) is 10.1 Å². The number of hydrogen-bond acceptors (Lipinski definition) is 7. The zero-order chi connectivity index (χ0) is 19.6. The summed E-state index contributed by atoms with van der Waals surface area (Å²) in [6.45, 7) is 1.36. The third-order valence-electron chi connectivity index (χ3n) is 4.47. The second-order valence-corrected chi connectivity index (χ2v) is 8.83. The van der Waals surface area contributed by atoms with Crippen molar-refractivity contribution in [3.63, 3.8) is 0 Å². The molecule has 0 spiro atoms. The van der Waals surface area contributed by atoms with Gasteiger partial charge in [-0.1, -0.05) is 19.3 Å². The monoisotopic (exact) mass is 408 g/mol. The number of nitro benzene ring substituents is 1. The number of esters is 1. The number of benzene rings is 1. The van der Waals surface area contributed by atoms with Gasteiger partial charge in [-0.15, -0.1) is 23.1 Å². The van der Waals surface area contributed by atoms with Crippen molar-refractivity contribution in [3.8, 4) is 0 Å². The average Bonchev–Trinajstić information content (AvgIpc) is 3.00. The van der Waals surface area contributed by atoms with Crippen LogP contribution in [0, 0.1) is 10.1 Å². The van der Waals surface area contributed by atoms with Gasteiger partial charge in [-0.25, -0.2) is 4.79 Å². The number of fused-ring (bicyclic) bond motifs is 1. The first-order valence-corrected chi connectivity index (χ1v) is 10.4. The van der Waals surface area contributed by atoms with Crippen molar-refractivity contribution in [2.45, 2.75) is 49.2 Å². The van der Waals surface area contributed by atoms with E-state index in [1.165, 1.54) is 26.5 Å². The number of nitro groups is 1. The highest BCUT2D eigenvalue weighted by Gasteiger charge is 2.26. The molecule has 1 saturated carbocycles. The predicted molar refractivity (Wildman–Crippen MR) is 107 cm³/mol. The van der Waals surface area contributed by atoms with Gasteiger partial charge >= 0.3 is 5.97 Å². The van der Waals surface area contributed by atoms with E-state index < -0.39 is 10.9 Å². The molecule has 0 unspecified atom stereocenters. The SMILES string of the molecule is COC(=O)c1sc2cc([N+](=O)[O-])cc(SC3CCCCC3)c2c1NC(C)=O. The van der Waals surface area contributed by atoms with Gasteiger partial charge in [0.1, 0.15) is 4.88 Å². The summed E-state index contributed by atoms with van der Waals surface area (Å²) in [5, 5.41) is 15.2. The molecule has 1 N–H and O–H groups in total. The van der Waals surface area contributed by atoms with Crippen LogP contribution < -0.4 is 5.32 Å². The molecule has 1 aromatic carbocycles. The van der Waals surface area contributed by atoms with E-state index in [1.54, 1.807) is 17.8 Å². The van der Waals surface area contributed by atoms with Crippen LogP contribution in [0.2, 0.25) is 0 Å². The Morgan fingerprint density at radius 3 is 2.59 bits per heavy atom. The van der Waals surface area contributed by atoms with E-state index in [0.717, 1.165) is 41.9 Å². The number of methoxy groups -OCH3 is 1. The molecule has 0 radical (unpaired) electrons. The summed E-state index contributed by atoms with van der Waals surface area (Å²) in [5.41, 5.74) is 0.357. The highest BCUT2D eigenvalue weighted by Crippen LogP contribution is 2.46. The van der Waals surface area contributed by atoms with Crippen molar-refractivity contribution < 1.29 is 19.2 Å². The van der Waals surface area contributed by atoms with E-state index in [-0.39, 0.29) is 16.5 Å². The summed E-state index contributed by atoms with van der Waals surface area (Å²) in [5.74, 6) is -0.886. The first-order valence-electron chi connectivity index (χ1n) is 8.68. The number of nitrogens with one attached hydrogen (secondary N) is 1. The maximum absolute atomic E-state index is 12.2. The maximum Gasteiger partial charge on any atom is 0.350 e. The maximum atomic E-state index is 12.2. The van der Waals surface area contributed by atoms with Crippen molar-refractivity contribution in [1.29, 1.82) is 0 Å². The Hall–Kier alpha value is -2.13. The first-order chi connectivity index (χ1) is 12.9. The van der Waals surface area contributed by atoms with Gasteiger partial charge in [0.15, 0.2) is 0 Å². The number of thiophene rings is 1. The fraction of sp³-hybridized carbons (Fsp3) is 0.444. The topological polar surface area (TPSA) is 98.5 Å². The molecule has 3 rings (SSSR count). The van der Waals surface area contributed by atoms with Gasteiger partial charge in [0.05, 0.1) is 17.7 Å². The Bertz CT molecular complexity index is 903. The number of rotatable bonds is 5. The lowest BCUT2D eigenvalue weighted by Gasteiger charge is -2.21. The molecule has 9 heteroatoms. The van der Waals surface area contributed by atoms with E-state index in [4.69, 9.17) is 4.74 Å². The van der Waals surface area contributed by atoms with Crippen LogP contribution in [-0.4, -0.2) is 29.2 Å². The molecule has 1 heterocycles. The lowest BCUT2D eigenvalue weighted by Crippen LogP contribution is -2.10. The fourth-order valence-corrected chi connectivity index (χ4v) is 5.92. The van der Waals surface area contributed by atoms with Crippen LogP contribution in [-0.2, 0) is 9.53 Å². The summed E-state index contributed by atoms with van der Waals surface area (Å²) in [6, 6.07) is 2.99. The molecule has 1 aromatic heterocycles. The minimum absolute atomic E-state index is 0.0205. The zero-order valence-corrected chi connectivity index (χ0v) is 16.7. The van der Waals surface area contributed by atoms with E-state index in [0.29, 0.717) is 21.0 Å². The average molecular weight is 409 g/mol. The van der Waals surface area contributed by atoms with Crippen LogP contribution >= 0.6 is 23.1 Å². The van der Waals surface area contributed by atoms with E-state index in [2.05, 4.69) is 5.32 Å². The molecular weight excluding hydrogens is 388 g/mol. The number of non-ortho nitro benzene ring substituents is 1. The molecule has 1 fully saturated rings. The second kappa shape index (κ2) is 8.26. The fourth-order valence-electron chi connectivity index (χ4n) is 3.27. The molecule has 0 aliphatic heterocycles. The standard InChI is InChI=1S/C18H20N2O5S2/c1-10(21)19-16-15-13(26-12-6-4-3-5-7-12)8-11(20(23)24)9-14(15)27-17(16)18(22)25-2/h8-9,12H,3-7H2,1-2H3,(H,19,21). The third kappa shape index (κ3) is 4.24. The third-order valence-corrected chi connectivity index (χ3v) is 6.97. The normalized spacial score (nSPS) is 14.9. The van der Waals surface area contributed by atoms with Gasteiger partial charge in [-0.3, -0.25) is 14.9 Å². The Kier molecular flexibility index (Phi) is 6.01. The van der Waals surface area contributed by atoms with Gasteiger partial charge in [-0.05, 0) is 12.8 Å². The molecule has 0 bridgehead atoms. The number of carbonyl (C=O) groups is 2. The summed E-state index contributed by atoms with van der Waals surface area (Å²) in [4.78, 5) is 35.8. The van der Waals surface area contributed by atoms with Gasteiger partial charge in [0, 0.05) is 39.3 Å². The molecule has 144 valence electrons. The molecule has 2 aromatic rings. The van der Waals surface area contributed by atoms with Gasteiger partial charge < -0.3 is 10.1 Å². The van der Waals surface area contributed by atoms with Crippen molar-refractivity contribution in [2.75, 3.05) is 12.4 Å². The Balaban J connectivity index is 2.19. The van der Waals surface area contributed by atoms with Crippen molar-refractivity contribution in [3.05, 3.63) is 27.1 Å². The molecule has 1 amide bonds. The van der Waals surface area contributed by atoms with E-state index in [1.807, 2.05) is 0 Å². The molecular formula is C18H20N2O5S2. The lowest BCUT2D eigenvalue weighted by atomic mass is 10.0. The summed E-state index contributed by atoms with van der Waals surface area (Å²) < 4.78 is 5.42. The largest absolute Gasteiger partial charge is 0.465 e. The Labute approximate surface area is 164 Å². The second-order valence-electron chi connectivity index (χ2n) is 6.43. The number of carbonyl (C=O) groups excluding carboxylic acids is 2. The van der Waals surface area contributed by atoms with Crippen molar-refractivity contribution >= 4 is 56.4 Å². The first kappa shape index (κ1) is 19.6. The molecule has 0 atom stereocenters. The van der Waals surface area contributed by atoms with Gasteiger partial charge in [-0.2, -0.15) is 0 Å². The van der Waals surface area contributed by atoms with Crippen LogP contribution in [0.4, 0.5) is 11.4 Å². The van der Waals surface area contributed by atoms with Crippen LogP contribution in [0.15, 0.2) is 17.0 Å². The van der Waals surface area contributed by atoms with Crippen LogP contribution in [0.3, 0.4) is 0 Å². The van der Waals surface area contributed by atoms with Gasteiger partial charge in [0.2, 0.25) is 5.91 Å². The minimum Gasteiger partial charge on any atom is -0.465 e. The quantitative estimate of drug-likeness (QED) is 0.426. The molecule has 1 aliphatic carbocycles. The summed E-state index contributed by atoms with van der Waals surface area (Å²) in [6.07, 6.45) is 5.61. The number of amides is 1.